The van der Waals surface area contributed by atoms with E-state index in [4.69, 9.17) is 10.5 Å². The topological polar surface area (TPSA) is 52.3 Å². The lowest BCUT2D eigenvalue weighted by atomic mass is 10.2. The van der Waals surface area contributed by atoms with Gasteiger partial charge in [0.05, 0.1) is 15.7 Å². The summed E-state index contributed by atoms with van der Waals surface area (Å²) in [5.74, 6) is 0.598. The van der Waals surface area contributed by atoms with E-state index in [1.807, 2.05) is 25.1 Å². The van der Waals surface area contributed by atoms with Gasteiger partial charge in [0.1, 0.15) is 0 Å². The van der Waals surface area contributed by atoms with Gasteiger partial charge in [-0.3, -0.25) is 4.21 Å². The molecule has 0 aliphatic heterocycles. The van der Waals surface area contributed by atoms with Gasteiger partial charge in [0.15, 0.2) is 0 Å². The zero-order valence-electron chi connectivity index (χ0n) is 9.16. The number of hydrogen-bond donors (Lipinski definition) is 1. The van der Waals surface area contributed by atoms with Crippen molar-refractivity contribution in [2.75, 3.05) is 25.2 Å². The van der Waals surface area contributed by atoms with Gasteiger partial charge >= 0.3 is 0 Å². The van der Waals surface area contributed by atoms with Crippen LogP contribution in [0.2, 0.25) is 0 Å². The molecule has 0 aliphatic carbocycles. The third-order valence-corrected chi connectivity index (χ3v) is 3.61. The highest BCUT2D eigenvalue weighted by molar-refractivity contribution is 7.85. The van der Waals surface area contributed by atoms with Crippen LogP contribution in [0, 0.1) is 6.92 Å². The molecule has 3 nitrogen and oxygen atoms in total. The van der Waals surface area contributed by atoms with E-state index in [-0.39, 0.29) is 0 Å². The van der Waals surface area contributed by atoms with E-state index in [2.05, 4.69) is 0 Å². The van der Waals surface area contributed by atoms with Gasteiger partial charge in [-0.1, -0.05) is 6.07 Å². The minimum Gasteiger partial charge on any atom is -0.398 e. The second-order valence-electron chi connectivity index (χ2n) is 3.44. The molecule has 0 radical (unpaired) electrons. The Balaban J connectivity index is 2.65. The minimum atomic E-state index is -1.01. The first kappa shape index (κ1) is 12.2. The zero-order valence-corrected chi connectivity index (χ0v) is 9.97. The molecule has 0 saturated heterocycles. The summed E-state index contributed by atoms with van der Waals surface area (Å²) in [5.41, 5.74) is 7.51. The lowest BCUT2D eigenvalue weighted by Gasteiger charge is -2.06. The molecule has 84 valence electrons. The SMILES string of the molecule is COCCCS(=O)c1ccc(C)cc1N. The van der Waals surface area contributed by atoms with Gasteiger partial charge in [-0.15, -0.1) is 0 Å². The fourth-order valence-electron chi connectivity index (χ4n) is 1.32. The largest absolute Gasteiger partial charge is 0.398 e. The molecule has 1 unspecified atom stereocenters. The van der Waals surface area contributed by atoms with E-state index in [1.165, 1.54) is 0 Å². The number of ether oxygens (including phenoxy) is 1. The summed E-state index contributed by atoms with van der Waals surface area (Å²) in [6.07, 6.45) is 0.788. The van der Waals surface area contributed by atoms with Crippen LogP contribution >= 0.6 is 0 Å². The summed E-state index contributed by atoms with van der Waals surface area (Å²) in [6.45, 7) is 2.60. The van der Waals surface area contributed by atoms with Gasteiger partial charge in [0.25, 0.3) is 0 Å². The molecule has 4 heteroatoms. The lowest BCUT2D eigenvalue weighted by Crippen LogP contribution is -2.04. The highest BCUT2D eigenvalue weighted by atomic mass is 32.2. The van der Waals surface area contributed by atoms with Crippen molar-refractivity contribution in [2.24, 2.45) is 0 Å². The molecule has 1 aromatic carbocycles. The Morgan fingerprint density at radius 3 is 2.80 bits per heavy atom. The zero-order chi connectivity index (χ0) is 11.3. The van der Waals surface area contributed by atoms with Crippen molar-refractivity contribution in [2.45, 2.75) is 18.2 Å². The first-order valence-corrected chi connectivity index (χ1v) is 6.20. The predicted octanol–water partition coefficient (Wildman–Crippen LogP) is 1.72. The van der Waals surface area contributed by atoms with Crippen LogP contribution in [0.15, 0.2) is 23.1 Å². The van der Waals surface area contributed by atoms with Crippen LogP contribution in [-0.2, 0) is 15.5 Å². The Bertz CT molecular complexity index is 352. The second-order valence-corrected chi connectivity index (χ2v) is 4.98. The Labute approximate surface area is 93.1 Å². The van der Waals surface area contributed by atoms with Crippen LogP contribution in [0.25, 0.3) is 0 Å². The second kappa shape index (κ2) is 5.88. The van der Waals surface area contributed by atoms with Crippen LogP contribution in [0.5, 0.6) is 0 Å². The molecule has 0 spiro atoms. The lowest BCUT2D eigenvalue weighted by molar-refractivity contribution is 0.200. The Morgan fingerprint density at radius 2 is 2.20 bits per heavy atom. The number of anilines is 1. The van der Waals surface area contributed by atoms with Crippen molar-refractivity contribution in [3.05, 3.63) is 23.8 Å². The van der Waals surface area contributed by atoms with Crippen molar-refractivity contribution in [1.82, 2.24) is 0 Å². The van der Waals surface area contributed by atoms with Crippen molar-refractivity contribution in [3.8, 4) is 0 Å². The van der Waals surface area contributed by atoms with Crippen LogP contribution in [0.3, 0.4) is 0 Å². The number of nitrogen functional groups attached to an aromatic ring is 1. The van der Waals surface area contributed by atoms with Crippen LogP contribution in [-0.4, -0.2) is 23.7 Å². The first-order chi connectivity index (χ1) is 7.15. The fourth-order valence-corrected chi connectivity index (χ4v) is 2.46. The number of aryl methyl sites for hydroxylation is 1. The summed E-state index contributed by atoms with van der Waals surface area (Å²) in [5, 5.41) is 0. The van der Waals surface area contributed by atoms with E-state index in [0.717, 1.165) is 16.9 Å². The number of nitrogens with two attached hydrogens (primary N) is 1. The van der Waals surface area contributed by atoms with Crippen LogP contribution < -0.4 is 5.73 Å². The van der Waals surface area contributed by atoms with Crippen molar-refractivity contribution >= 4 is 16.5 Å². The Kier molecular flexibility index (Phi) is 4.78. The van der Waals surface area contributed by atoms with Gasteiger partial charge < -0.3 is 10.5 Å². The molecule has 0 amide bonds. The Hall–Kier alpha value is -0.870. The van der Waals surface area contributed by atoms with Crippen molar-refractivity contribution in [3.63, 3.8) is 0 Å². The van der Waals surface area contributed by atoms with E-state index >= 15 is 0 Å². The van der Waals surface area contributed by atoms with Gasteiger partial charge in [0, 0.05) is 25.2 Å². The maximum absolute atomic E-state index is 11.8. The average molecular weight is 227 g/mol. The highest BCUT2D eigenvalue weighted by Crippen LogP contribution is 2.18. The molecule has 0 saturated carbocycles. The van der Waals surface area contributed by atoms with Gasteiger partial charge in [-0.25, -0.2) is 0 Å². The predicted molar refractivity (Wildman–Crippen MR) is 63.4 cm³/mol. The first-order valence-electron chi connectivity index (χ1n) is 4.88. The van der Waals surface area contributed by atoms with Crippen molar-refractivity contribution in [1.29, 1.82) is 0 Å². The van der Waals surface area contributed by atoms with Gasteiger partial charge in [-0.05, 0) is 31.0 Å². The monoisotopic (exact) mass is 227 g/mol. The summed E-state index contributed by atoms with van der Waals surface area (Å²) < 4.78 is 16.7. The molecule has 0 heterocycles. The molecule has 1 atom stereocenters. The van der Waals surface area contributed by atoms with E-state index < -0.39 is 10.8 Å². The molecular formula is C11H17NO2S. The Morgan fingerprint density at radius 1 is 1.47 bits per heavy atom. The standard InChI is InChI=1S/C11H17NO2S/c1-9-4-5-11(10(12)8-9)15(13)7-3-6-14-2/h4-5,8H,3,6-7,12H2,1-2H3. The summed E-state index contributed by atoms with van der Waals surface area (Å²) in [7, 11) is 0.632. The van der Waals surface area contributed by atoms with Crippen LogP contribution in [0.4, 0.5) is 5.69 Å². The average Bonchev–Trinajstić information content (AvgIpc) is 2.17. The smallest absolute Gasteiger partial charge is 0.0617 e. The number of methoxy groups -OCH3 is 1. The fraction of sp³-hybridized carbons (Fsp3) is 0.455. The number of benzene rings is 1. The van der Waals surface area contributed by atoms with E-state index in [1.54, 1.807) is 7.11 Å². The van der Waals surface area contributed by atoms with Crippen LogP contribution in [0.1, 0.15) is 12.0 Å². The molecule has 15 heavy (non-hydrogen) atoms. The maximum atomic E-state index is 11.8. The van der Waals surface area contributed by atoms with Gasteiger partial charge in [0.2, 0.25) is 0 Å². The summed E-state index contributed by atoms with van der Waals surface area (Å²) >= 11 is 0. The molecule has 0 aromatic heterocycles. The third-order valence-electron chi connectivity index (χ3n) is 2.09. The summed E-state index contributed by atoms with van der Waals surface area (Å²) in [4.78, 5) is 0.733. The molecule has 1 rings (SSSR count). The van der Waals surface area contributed by atoms with Crippen molar-refractivity contribution < 1.29 is 8.95 Å². The normalized spacial score (nSPS) is 12.7. The van der Waals surface area contributed by atoms with E-state index in [0.29, 0.717) is 18.0 Å². The van der Waals surface area contributed by atoms with Gasteiger partial charge in [-0.2, -0.15) is 0 Å². The molecule has 0 bridgehead atoms. The highest BCUT2D eigenvalue weighted by Gasteiger charge is 2.07. The summed E-state index contributed by atoms with van der Waals surface area (Å²) in [6, 6.07) is 5.62. The minimum absolute atomic E-state index is 0.598. The quantitative estimate of drug-likeness (QED) is 0.615. The van der Waals surface area contributed by atoms with E-state index in [9.17, 15) is 4.21 Å². The molecule has 2 N–H and O–H groups in total. The molecule has 1 aromatic rings. The molecule has 0 aliphatic rings. The maximum Gasteiger partial charge on any atom is 0.0617 e. The number of rotatable bonds is 5. The molecular weight excluding hydrogens is 210 g/mol. The third kappa shape index (κ3) is 3.64. The number of hydrogen-bond acceptors (Lipinski definition) is 3. The molecule has 0 fully saturated rings.